The summed E-state index contributed by atoms with van der Waals surface area (Å²) in [7, 11) is 0. The van der Waals surface area contributed by atoms with Crippen LogP contribution in [-0.4, -0.2) is 48.5 Å². The van der Waals surface area contributed by atoms with Crippen LogP contribution in [0.2, 0.25) is 0 Å². The van der Waals surface area contributed by atoms with E-state index in [0.29, 0.717) is 18.7 Å². The maximum Gasteiger partial charge on any atom is 0.387 e. The fourth-order valence-corrected chi connectivity index (χ4v) is 4.25. The van der Waals surface area contributed by atoms with Crippen molar-refractivity contribution >= 4 is 33.2 Å². The largest absolute Gasteiger partial charge is 0.435 e. The van der Waals surface area contributed by atoms with Crippen molar-refractivity contribution in [2.75, 3.05) is 26.2 Å². The van der Waals surface area contributed by atoms with Crippen molar-refractivity contribution in [1.29, 1.82) is 0 Å². The third-order valence-electron chi connectivity index (χ3n) is 3.99. The first-order valence-electron chi connectivity index (χ1n) is 7.82. The molecule has 1 aromatic carbocycles. The lowest BCUT2D eigenvalue weighted by Gasteiger charge is -2.34. The molecule has 2 heterocycles. The van der Waals surface area contributed by atoms with Gasteiger partial charge in [-0.3, -0.25) is 9.69 Å². The molecule has 0 spiro atoms. The Balaban J connectivity index is 1.52. The number of piperazine rings is 1. The number of carbonyl (C=O) groups excluding carboxylic acids is 1. The van der Waals surface area contributed by atoms with E-state index in [0.717, 1.165) is 23.4 Å². The summed E-state index contributed by atoms with van der Waals surface area (Å²) in [5.74, 6) is -0.0272. The lowest BCUT2D eigenvalue weighted by molar-refractivity contribution is -0.0498. The Bertz CT molecular complexity index is 716. The molecule has 0 aliphatic carbocycles. The topological polar surface area (TPSA) is 32.8 Å². The SMILES string of the molecule is O=C(c1ccc(OC(F)F)cc1)N1CCN(Cc2ccc(Br)s2)CC1. The quantitative estimate of drug-likeness (QED) is 0.716. The van der Waals surface area contributed by atoms with Gasteiger partial charge in [-0.15, -0.1) is 11.3 Å². The Kier molecular flexibility index (Phi) is 6.03. The number of nitrogens with zero attached hydrogens (tertiary/aromatic N) is 2. The normalized spacial score (nSPS) is 15.6. The summed E-state index contributed by atoms with van der Waals surface area (Å²) < 4.78 is 29.7. The molecular formula is C17H17BrF2N2O2S. The molecule has 0 saturated carbocycles. The van der Waals surface area contributed by atoms with Gasteiger partial charge in [-0.05, 0) is 52.3 Å². The summed E-state index contributed by atoms with van der Waals surface area (Å²) in [5.41, 5.74) is 0.484. The van der Waals surface area contributed by atoms with Crippen molar-refractivity contribution in [3.8, 4) is 5.75 Å². The highest BCUT2D eigenvalue weighted by molar-refractivity contribution is 9.11. The highest BCUT2D eigenvalue weighted by Gasteiger charge is 2.22. The van der Waals surface area contributed by atoms with Gasteiger partial charge in [0.2, 0.25) is 0 Å². The minimum Gasteiger partial charge on any atom is -0.435 e. The standard InChI is InChI=1S/C17H17BrF2N2O2S/c18-15-6-5-14(25-15)11-21-7-9-22(10-8-21)16(23)12-1-3-13(4-2-12)24-17(19)20/h1-6,17H,7-11H2. The Morgan fingerprint density at radius 3 is 2.36 bits per heavy atom. The molecule has 8 heteroatoms. The van der Waals surface area contributed by atoms with Crippen LogP contribution < -0.4 is 4.74 Å². The van der Waals surface area contributed by atoms with Crippen molar-refractivity contribution in [1.82, 2.24) is 9.80 Å². The molecule has 134 valence electrons. The summed E-state index contributed by atoms with van der Waals surface area (Å²) >= 11 is 5.19. The van der Waals surface area contributed by atoms with Crippen molar-refractivity contribution in [3.63, 3.8) is 0 Å². The molecule has 3 rings (SSSR count). The van der Waals surface area contributed by atoms with Gasteiger partial charge < -0.3 is 9.64 Å². The number of alkyl halides is 2. The van der Waals surface area contributed by atoms with E-state index >= 15 is 0 Å². The Hall–Kier alpha value is -1.51. The van der Waals surface area contributed by atoms with Crippen LogP contribution in [0.3, 0.4) is 0 Å². The fraction of sp³-hybridized carbons (Fsp3) is 0.353. The minimum atomic E-state index is -2.86. The number of amides is 1. The van der Waals surface area contributed by atoms with Gasteiger partial charge in [-0.2, -0.15) is 8.78 Å². The molecule has 1 fully saturated rings. The molecular weight excluding hydrogens is 414 g/mol. The van der Waals surface area contributed by atoms with Crippen LogP contribution in [0.4, 0.5) is 8.78 Å². The van der Waals surface area contributed by atoms with E-state index in [4.69, 9.17) is 0 Å². The van der Waals surface area contributed by atoms with Crippen LogP contribution >= 0.6 is 27.3 Å². The zero-order valence-electron chi connectivity index (χ0n) is 13.3. The second-order valence-electron chi connectivity index (χ2n) is 5.68. The van der Waals surface area contributed by atoms with Crippen molar-refractivity contribution in [2.24, 2.45) is 0 Å². The van der Waals surface area contributed by atoms with E-state index in [2.05, 4.69) is 31.6 Å². The monoisotopic (exact) mass is 430 g/mol. The Labute approximate surface area is 157 Å². The van der Waals surface area contributed by atoms with Crippen molar-refractivity contribution < 1.29 is 18.3 Å². The van der Waals surface area contributed by atoms with Crippen LogP contribution in [-0.2, 0) is 6.54 Å². The van der Waals surface area contributed by atoms with Gasteiger partial charge in [0.15, 0.2) is 0 Å². The van der Waals surface area contributed by atoms with Gasteiger partial charge in [0.05, 0.1) is 3.79 Å². The number of hydrogen-bond donors (Lipinski definition) is 0. The average Bonchev–Trinajstić information content (AvgIpc) is 3.00. The second-order valence-corrected chi connectivity index (χ2v) is 8.22. The maximum atomic E-state index is 12.5. The van der Waals surface area contributed by atoms with Crippen LogP contribution in [0.5, 0.6) is 5.75 Å². The molecule has 1 aliphatic rings. The number of halogens is 3. The van der Waals surface area contributed by atoms with Crippen LogP contribution in [0.15, 0.2) is 40.2 Å². The molecule has 0 bridgehead atoms. The first kappa shape index (κ1) is 18.3. The molecule has 4 nitrogen and oxygen atoms in total. The molecule has 1 saturated heterocycles. The smallest absolute Gasteiger partial charge is 0.387 e. The lowest BCUT2D eigenvalue weighted by atomic mass is 10.1. The van der Waals surface area contributed by atoms with Gasteiger partial charge in [0, 0.05) is 43.2 Å². The van der Waals surface area contributed by atoms with Gasteiger partial charge in [-0.25, -0.2) is 0 Å². The third-order valence-corrected chi connectivity index (χ3v) is 5.60. The van der Waals surface area contributed by atoms with E-state index < -0.39 is 6.61 Å². The summed E-state index contributed by atoms with van der Waals surface area (Å²) in [6, 6.07) is 9.98. The van der Waals surface area contributed by atoms with E-state index in [1.165, 1.54) is 29.1 Å². The zero-order valence-corrected chi connectivity index (χ0v) is 15.7. The third kappa shape index (κ3) is 4.99. The highest BCUT2D eigenvalue weighted by atomic mass is 79.9. The van der Waals surface area contributed by atoms with E-state index in [-0.39, 0.29) is 11.7 Å². The Morgan fingerprint density at radius 2 is 1.80 bits per heavy atom. The number of benzene rings is 1. The number of ether oxygens (including phenoxy) is 1. The van der Waals surface area contributed by atoms with E-state index in [1.807, 2.05) is 6.07 Å². The van der Waals surface area contributed by atoms with E-state index in [9.17, 15) is 13.6 Å². The van der Waals surface area contributed by atoms with E-state index in [1.54, 1.807) is 16.2 Å². The molecule has 0 atom stereocenters. The van der Waals surface area contributed by atoms with Crippen LogP contribution in [0, 0.1) is 0 Å². The van der Waals surface area contributed by atoms with Crippen molar-refractivity contribution in [2.45, 2.75) is 13.2 Å². The molecule has 1 aliphatic heterocycles. The summed E-state index contributed by atoms with van der Waals surface area (Å²) in [6.45, 7) is 0.958. The van der Waals surface area contributed by atoms with Gasteiger partial charge >= 0.3 is 6.61 Å². The average molecular weight is 431 g/mol. The van der Waals surface area contributed by atoms with Crippen LogP contribution in [0.25, 0.3) is 0 Å². The predicted molar refractivity (Wildman–Crippen MR) is 96.3 cm³/mol. The minimum absolute atomic E-state index is 0.0541. The molecule has 2 aromatic rings. The fourth-order valence-electron chi connectivity index (χ4n) is 2.73. The van der Waals surface area contributed by atoms with Crippen molar-refractivity contribution in [3.05, 3.63) is 50.6 Å². The molecule has 1 amide bonds. The second kappa shape index (κ2) is 8.25. The van der Waals surface area contributed by atoms with Crippen LogP contribution in [0.1, 0.15) is 15.2 Å². The molecule has 0 radical (unpaired) electrons. The molecule has 0 N–H and O–H groups in total. The number of hydrogen-bond acceptors (Lipinski definition) is 4. The number of rotatable bonds is 5. The number of thiophene rings is 1. The summed E-state index contributed by atoms with van der Waals surface area (Å²) in [4.78, 5) is 17.9. The lowest BCUT2D eigenvalue weighted by Crippen LogP contribution is -2.48. The molecule has 0 unspecified atom stereocenters. The summed E-state index contributed by atoms with van der Waals surface area (Å²) in [6.07, 6.45) is 0. The zero-order chi connectivity index (χ0) is 17.8. The Morgan fingerprint density at radius 1 is 1.12 bits per heavy atom. The molecule has 1 aromatic heterocycles. The van der Waals surface area contributed by atoms with Gasteiger partial charge in [0.25, 0.3) is 5.91 Å². The van der Waals surface area contributed by atoms with Gasteiger partial charge in [0.1, 0.15) is 5.75 Å². The predicted octanol–water partition coefficient (Wildman–Crippen LogP) is 4.07. The molecule has 25 heavy (non-hydrogen) atoms. The first-order valence-corrected chi connectivity index (χ1v) is 9.43. The maximum absolute atomic E-state index is 12.5. The van der Waals surface area contributed by atoms with Gasteiger partial charge in [-0.1, -0.05) is 0 Å². The number of carbonyl (C=O) groups is 1. The first-order chi connectivity index (χ1) is 12.0. The highest BCUT2D eigenvalue weighted by Crippen LogP contribution is 2.24. The summed E-state index contributed by atoms with van der Waals surface area (Å²) in [5, 5.41) is 0.